The van der Waals surface area contributed by atoms with E-state index >= 15 is 0 Å². The molecule has 1 rings (SSSR count). The standard InChI is InChI=1S/C14H21NO2/c1-5-12-9-13(8-7-10(12)3)15-11(4)14(16)17-6-2/h7-9,11,15H,5-6H2,1-4H3. The zero-order valence-electron chi connectivity index (χ0n) is 11.0. The normalized spacial score (nSPS) is 12.0. The largest absolute Gasteiger partial charge is 0.464 e. The number of esters is 1. The Morgan fingerprint density at radius 2 is 2.12 bits per heavy atom. The van der Waals surface area contributed by atoms with Crippen molar-refractivity contribution in [3.63, 3.8) is 0 Å². The van der Waals surface area contributed by atoms with Crippen LogP contribution in [0.5, 0.6) is 0 Å². The summed E-state index contributed by atoms with van der Waals surface area (Å²) >= 11 is 0. The van der Waals surface area contributed by atoms with E-state index in [1.807, 2.05) is 19.9 Å². The summed E-state index contributed by atoms with van der Waals surface area (Å²) in [7, 11) is 0. The van der Waals surface area contributed by atoms with Crippen molar-refractivity contribution in [2.45, 2.75) is 40.2 Å². The highest BCUT2D eigenvalue weighted by Crippen LogP contribution is 2.16. The zero-order valence-corrected chi connectivity index (χ0v) is 11.0. The van der Waals surface area contributed by atoms with Gasteiger partial charge in [0.25, 0.3) is 0 Å². The Balaban J connectivity index is 2.71. The van der Waals surface area contributed by atoms with E-state index in [0.717, 1.165) is 12.1 Å². The van der Waals surface area contributed by atoms with E-state index in [4.69, 9.17) is 4.74 Å². The molecule has 3 nitrogen and oxygen atoms in total. The molecule has 1 unspecified atom stereocenters. The van der Waals surface area contributed by atoms with Gasteiger partial charge in [0.15, 0.2) is 0 Å². The number of anilines is 1. The Bertz CT molecular complexity index is 388. The summed E-state index contributed by atoms with van der Waals surface area (Å²) in [5, 5.41) is 3.15. The SMILES string of the molecule is CCOC(=O)C(C)Nc1ccc(C)c(CC)c1. The number of aryl methyl sites for hydroxylation is 2. The maximum absolute atomic E-state index is 11.5. The van der Waals surface area contributed by atoms with Gasteiger partial charge in [0.2, 0.25) is 0 Å². The second-order valence-corrected chi connectivity index (χ2v) is 4.11. The van der Waals surface area contributed by atoms with E-state index in [1.165, 1.54) is 11.1 Å². The Morgan fingerprint density at radius 3 is 2.71 bits per heavy atom. The van der Waals surface area contributed by atoms with Crippen molar-refractivity contribution < 1.29 is 9.53 Å². The van der Waals surface area contributed by atoms with E-state index in [-0.39, 0.29) is 12.0 Å². The van der Waals surface area contributed by atoms with Gasteiger partial charge in [-0.2, -0.15) is 0 Å². The molecular weight excluding hydrogens is 214 g/mol. The molecule has 1 atom stereocenters. The fraction of sp³-hybridized carbons (Fsp3) is 0.500. The van der Waals surface area contributed by atoms with Crippen LogP contribution < -0.4 is 5.32 Å². The van der Waals surface area contributed by atoms with Crippen LogP contribution in [0.4, 0.5) is 5.69 Å². The van der Waals surface area contributed by atoms with Gasteiger partial charge in [0.05, 0.1) is 6.61 Å². The monoisotopic (exact) mass is 235 g/mol. The highest BCUT2D eigenvalue weighted by atomic mass is 16.5. The van der Waals surface area contributed by atoms with E-state index in [1.54, 1.807) is 0 Å². The van der Waals surface area contributed by atoms with E-state index < -0.39 is 0 Å². The lowest BCUT2D eigenvalue weighted by atomic mass is 10.1. The molecule has 0 saturated heterocycles. The fourth-order valence-corrected chi connectivity index (χ4v) is 1.72. The van der Waals surface area contributed by atoms with Crippen LogP contribution in [0.3, 0.4) is 0 Å². The molecule has 1 aromatic rings. The highest BCUT2D eigenvalue weighted by Gasteiger charge is 2.13. The van der Waals surface area contributed by atoms with Crippen molar-refractivity contribution in [3.8, 4) is 0 Å². The number of nitrogens with one attached hydrogen (secondary N) is 1. The number of benzene rings is 1. The number of carbonyl (C=O) groups is 1. The van der Waals surface area contributed by atoms with Crippen LogP contribution in [0.25, 0.3) is 0 Å². The van der Waals surface area contributed by atoms with Crippen molar-refractivity contribution in [1.82, 2.24) is 0 Å². The first-order valence-corrected chi connectivity index (χ1v) is 6.11. The molecule has 0 amide bonds. The van der Waals surface area contributed by atoms with Gasteiger partial charge in [-0.05, 0) is 50.5 Å². The summed E-state index contributed by atoms with van der Waals surface area (Å²) in [6.07, 6.45) is 0.995. The van der Waals surface area contributed by atoms with Crippen molar-refractivity contribution in [2.75, 3.05) is 11.9 Å². The van der Waals surface area contributed by atoms with Crippen LogP contribution >= 0.6 is 0 Å². The molecule has 17 heavy (non-hydrogen) atoms. The Labute approximate surface area is 103 Å². The second-order valence-electron chi connectivity index (χ2n) is 4.11. The van der Waals surface area contributed by atoms with Gasteiger partial charge in [0, 0.05) is 5.69 Å². The summed E-state index contributed by atoms with van der Waals surface area (Å²) in [4.78, 5) is 11.5. The molecule has 3 heteroatoms. The predicted molar refractivity (Wildman–Crippen MR) is 70.3 cm³/mol. The summed E-state index contributed by atoms with van der Waals surface area (Å²) in [6.45, 7) is 8.26. The second kappa shape index (κ2) is 6.28. The smallest absolute Gasteiger partial charge is 0.328 e. The Morgan fingerprint density at radius 1 is 1.41 bits per heavy atom. The lowest BCUT2D eigenvalue weighted by Crippen LogP contribution is -2.28. The molecule has 0 aromatic heterocycles. The van der Waals surface area contributed by atoms with E-state index in [0.29, 0.717) is 6.61 Å². The molecule has 1 aromatic carbocycles. The van der Waals surface area contributed by atoms with Crippen LogP contribution in [0, 0.1) is 6.92 Å². The summed E-state index contributed by atoms with van der Waals surface area (Å²) in [5.41, 5.74) is 3.54. The number of ether oxygens (including phenoxy) is 1. The number of hydrogen-bond donors (Lipinski definition) is 1. The minimum atomic E-state index is -0.317. The quantitative estimate of drug-likeness (QED) is 0.797. The summed E-state index contributed by atoms with van der Waals surface area (Å²) < 4.78 is 4.95. The Hall–Kier alpha value is -1.51. The van der Waals surface area contributed by atoms with Crippen molar-refractivity contribution in [3.05, 3.63) is 29.3 Å². The predicted octanol–water partition coefficient (Wildman–Crippen LogP) is 2.92. The Kier molecular flexibility index (Phi) is 5.01. The van der Waals surface area contributed by atoms with Crippen LogP contribution in [-0.2, 0) is 16.0 Å². The first-order chi connectivity index (χ1) is 8.08. The molecule has 0 aliphatic rings. The van der Waals surface area contributed by atoms with Gasteiger partial charge in [-0.25, -0.2) is 4.79 Å². The number of carbonyl (C=O) groups excluding carboxylic acids is 1. The number of rotatable bonds is 5. The topological polar surface area (TPSA) is 38.3 Å². The van der Waals surface area contributed by atoms with Gasteiger partial charge in [-0.15, -0.1) is 0 Å². The van der Waals surface area contributed by atoms with Crippen LogP contribution in [-0.4, -0.2) is 18.6 Å². The maximum atomic E-state index is 11.5. The lowest BCUT2D eigenvalue weighted by molar-refractivity contribution is -0.143. The molecule has 94 valence electrons. The minimum Gasteiger partial charge on any atom is -0.464 e. The lowest BCUT2D eigenvalue weighted by Gasteiger charge is -2.15. The van der Waals surface area contributed by atoms with Gasteiger partial charge in [-0.1, -0.05) is 13.0 Å². The maximum Gasteiger partial charge on any atom is 0.328 e. The van der Waals surface area contributed by atoms with Crippen LogP contribution in [0.15, 0.2) is 18.2 Å². The van der Waals surface area contributed by atoms with E-state index in [2.05, 4.69) is 31.3 Å². The first-order valence-electron chi connectivity index (χ1n) is 6.11. The zero-order chi connectivity index (χ0) is 12.8. The molecule has 0 saturated carbocycles. The highest BCUT2D eigenvalue weighted by molar-refractivity contribution is 5.78. The van der Waals surface area contributed by atoms with Gasteiger partial charge >= 0.3 is 5.97 Å². The molecule has 1 N–H and O–H groups in total. The number of hydrogen-bond acceptors (Lipinski definition) is 3. The molecule has 0 spiro atoms. The molecule has 0 radical (unpaired) electrons. The molecule has 0 fully saturated rings. The first kappa shape index (κ1) is 13.6. The van der Waals surface area contributed by atoms with Crippen LogP contribution in [0.1, 0.15) is 31.9 Å². The third-order valence-corrected chi connectivity index (χ3v) is 2.75. The van der Waals surface area contributed by atoms with Gasteiger partial charge in [0.1, 0.15) is 6.04 Å². The average Bonchev–Trinajstić information content (AvgIpc) is 2.31. The van der Waals surface area contributed by atoms with Gasteiger partial charge in [-0.3, -0.25) is 0 Å². The van der Waals surface area contributed by atoms with E-state index in [9.17, 15) is 4.79 Å². The summed E-state index contributed by atoms with van der Waals surface area (Å²) in [5.74, 6) is -0.217. The van der Waals surface area contributed by atoms with Crippen molar-refractivity contribution in [1.29, 1.82) is 0 Å². The fourth-order valence-electron chi connectivity index (χ4n) is 1.72. The summed E-state index contributed by atoms with van der Waals surface area (Å²) in [6, 6.07) is 5.83. The molecular formula is C14H21NO2. The molecule has 0 aliphatic carbocycles. The average molecular weight is 235 g/mol. The van der Waals surface area contributed by atoms with Crippen LogP contribution in [0.2, 0.25) is 0 Å². The van der Waals surface area contributed by atoms with Crippen molar-refractivity contribution in [2.24, 2.45) is 0 Å². The molecule has 0 bridgehead atoms. The third-order valence-electron chi connectivity index (χ3n) is 2.75. The third kappa shape index (κ3) is 3.77. The molecule has 0 aliphatic heterocycles. The minimum absolute atomic E-state index is 0.217. The van der Waals surface area contributed by atoms with Crippen molar-refractivity contribution >= 4 is 11.7 Å². The molecule has 0 heterocycles. The van der Waals surface area contributed by atoms with Gasteiger partial charge < -0.3 is 10.1 Å².